The summed E-state index contributed by atoms with van der Waals surface area (Å²) >= 11 is 6.12. The Morgan fingerprint density at radius 2 is 1.61 bits per heavy atom. The number of halogens is 1. The predicted molar refractivity (Wildman–Crippen MR) is 141 cm³/mol. The third-order valence-electron chi connectivity index (χ3n) is 5.43. The number of anilines is 2. The smallest absolute Gasteiger partial charge is 0.264 e. The van der Waals surface area contributed by atoms with E-state index in [0.29, 0.717) is 16.5 Å². The third-order valence-corrected chi connectivity index (χ3v) is 7.45. The van der Waals surface area contributed by atoms with Crippen LogP contribution < -0.4 is 14.4 Å². The number of nitrogens with one attached hydrogen (secondary N) is 1. The summed E-state index contributed by atoms with van der Waals surface area (Å²) in [4.78, 5) is 17.0. The molecule has 1 N–H and O–H groups in total. The molecule has 1 amide bonds. The van der Waals surface area contributed by atoms with Crippen molar-refractivity contribution in [2.45, 2.75) is 11.3 Å². The second kappa shape index (κ2) is 11.2. The molecule has 0 spiro atoms. The molecule has 0 bridgehead atoms. The fourth-order valence-electron chi connectivity index (χ4n) is 3.59. The first kappa shape index (κ1) is 25.2. The van der Waals surface area contributed by atoms with Crippen LogP contribution >= 0.6 is 11.6 Å². The molecule has 0 unspecified atom stereocenters. The highest BCUT2D eigenvalue weighted by Crippen LogP contribution is 2.27. The number of amides is 1. The molecule has 4 aromatic rings. The first-order chi connectivity index (χ1) is 17.3. The van der Waals surface area contributed by atoms with Gasteiger partial charge in [-0.25, -0.2) is 8.42 Å². The quantitative estimate of drug-likeness (QED) is 0.328. The molecule has 0 saturated carbocycles. The molecular weight excluding hydrogens is 498 g/mol. The molecule has 0 aliphatic rings. The summed E-state index contributed by atoms with van der Waals surface area (Å²) in [5.41, 5.74) is 3.04. The van der Waals surface area contributed by atoms with E-state index in [4.69, 9.17) is 16.3 Å². The van der Waals surface area contributed by atoms with Gasteiger partial charge in [-0.3, -0.25) is 14.1 Å². The molecule has 184 valence electrons. The summed E-state index contributed by atoms with van der Waals surface area (Å²) in [6.07, 6.45) is 4.23. The first-order valence-corrected chi connectivity index (χ1v) is 12.9. The SMILES string of the molecule is COc1ccc(S(=O)(=O)N(CC(=O)Nc2ccc(Cc3ccncc3)cc2)c2cccc(Cl)c2)cc1. The molecule has 9 heteroatoms. The predicted octanol–water partition coefficient (Wildman–Crippen LogP) is 5.17. The van der Waals surface area contributed by atoms with Crippen LogP contribution in [0.1, 0.15) is 11.1 Å². The Morgan fingerprint density at radius 3 is 2.25 bits per heavy atom. The zero-order valence-corrected chi connectivity index (χ0v) is 21.0. The Kier molecular flexibility index (Phi) is 7.87. The zero-order chi connectivity index (χ0) is 25.5. The van der Waals surface area contributed by atoms with Gasteiger partial charge >= 0.3 is 0 Å². The van der Waals surface area contributed by atoms with E-state index < -0.39 is 22.5 Å². The maximum absolute atomic E-state index is 13.5. The molecular formula is C27H24ClN3O4S. The average Bonchev–Trinajstić information content (AvgIpc) is 2.89. The van der Waals surface area contributed by atoms with Gasteiger partial charge in [0.1, 0.15) is 12.3 Å². The van der Waals surface area contributed by atoms with Crippen molar-refractivity contribution in [1.82, 2.24) is 4.98 Å². The number of rotatable bonds is 9. The lowest BCUT2D eigenvalue weighted by atomic mass is 10.1. The van der Waals surface area contributed by atoms with Crippen LogP contribution in [0.25, 0.3) is 0 Å². The van der Waals surface area contributed by atoms with Crippen LogP contribution in [0.5, 0.6) is 5.75 Å². The van der Waals surface area contributed by atoms with Gasteiger partial charge in [-0.15, -0.1) is 0 Å². The fourth-order valence-corrected chi connectivity index (χ4v) is 5.19. The van der Waals surface area contributed by atoms with E-state index >= 15 is 0 Å². The third kappa shape index (κ3) is 6.21. The van der Waals surface area contributed by atoms with Gasteiger partial charge in [0.25, 0.3) is 10.0 Å². The van der Waals surface area contributed by atoms with Gasteiger partial charge in [0.15, 0.2) is 0 Å². The second-order valence-corrected chi connectivity index (χ2v) is 10.2. The minimum Gasteiger partial charge on any atom is -0.497 e. The second-order valence-electron chi connectivity index (χ2n) is 7.94. The van der Waals surface area contributed by atoms with Crippen molar-refractivity contribution < 1.29 is 17.9 Å². The molecule has 0 fully saturated rings. The lowest BCUT2D eigenvalue weighted by molar-refractivity contribution is -0.114. The van der Waals surface area contributed by atoms with Gasteiger partial charge in [-0.05, 0) is 84.3 Å². The maximum atomic E-state index is 13.5. The number of hydrogen-bond acceptors (Lipinski definition) is 5. The van der Waals surface area contributed by atoms with Gasteiger partial charge in [-0.2, -0.15) is 0 Å². The fraction of sp³-hybridized carbons (Fsp3) is 0.111. The number of carbonyl (C=O) groups excluding carboxylic acids is 1. The number of aromatic nitrogens is 1. The average molecular weight is 522 g/mol. The van der Waals surface area contributed by atoms with Crippen LogP contribution in [-0.4, -0.2) is 33.0 Å². The van der Waals surface area contributed by atoms with Crippen molar-refractivity contribution in [2.75, 3.05) is 23.3 Å². The van der Waals surface area contributed by atoms with Crippen LogP contribution in [0.4, 0.5) is 11.4 Å². The molecule has 1 aromatic heterocycles. The minimum atomic E-state index is -4.07. The van der Waals surface area contributed by atoms with Crippen molar-refractivity contribution >= 4 is 38.9 Å². The summed E-state index contributed by atoms with van der Waals surface area (Å²) in [6.45, 7) is -0.437. The van der Waals surface area contributed by atoms with Crippen molar-refractivity contribution in [3.05, 3.63) is 113 Å². The molecule has 0 aliphatic heterocycles. The van der Waals surface area contributed by atoms with Crippen LogP contribution in [-0.2, 0) is 21.2 Å². The van der Waals surface area contributed by atoms with Gasteiger partial charge in [0.2, 0.25) is 5.91 Å². The van der Waals surface area contributed by atoms with Crippen LogP contribution in [0.15, 0.2) is 102 Å². The van der Waals surface area contributed by atoms with E-state index in [9.17, 15) is 13.2 Å². The van der Waals surface area contributed by atoms with E-state index in [2.05, 4.69) is 10.3 Å². The standard InChI is InChI=1S/C27H24ClN3O4S/c1-35-25-9-11-26(12-10-25)36(33,34)31(24-4-2-3-22(28)18-24)19-27(32)30-23-7-5-20(6-8-23)17-21-13-15-29-16-14-21/h2-16,18H,17,19H2,1H3,(H,30,32). The summed E-state index contributed by atoms with van der Waals surface area (Å²) in [5, 5.41) is 3.14. The van der Waals surface area contributed by atoms with Crippen LogP contribution in [0.2, 0.25) is 5.02 Å². The molecule has 0 atom stereocenters. The van der Waals surface area contributed by atoms with Crippen molar-refractivity contribution in [3.63, 3.8) is 0 Å². The van der Waals surface area contributed by atoms with Crippen molar-refractivity contribution in [3.8, 4) is 5.75 Å². The lowest BCUT2D eigenvalue weighted by Crippen LogP contribution is -2.38. The normalized spacial score (nSPS) is 11.1. The number of carbonyl (C=O) groups is 1. The van der Waals surface area contributed by atoms with E-state index in [1.807, 2.05) is 24.3 Å². The lowest BCUT2D eigenvalue weighted by Gasteiger charge is -2.24. The highest BCUT2D eigenvalue weighted by Gasteiger charge is 2.27. The summed E-state index contributed by atoms with van der Waals surface area (Å²) < 4.78 is 33.2. The summed E-state index contributed by atoms with van der Waals surface area (Å²) in [5.74, 6) is 0.0299. The molecule has 4 rings (SSSR count). The Balaban J connectivity index is 1.53. The number of nitrogens with zero attached hydrogens (tertiary/aromatic N) is 2. The molecule has 7 nitrogen and oxygen atoms in total. The van der Waals surface area contributed by atoms with Crippen molar-refractivity contribution in [2.24, 2.45) is 0 Å². The molecule has 0 aliphatic carbocycles. The van der Waals surface area contributed by atoms with Gasteiger partial charge in [-0.1, -0.05) is 29.8 Å². The monoisotopic (exact) mass is 521 g/mol. The van der Waals surface area contributed by atoms with Crippen molar-refractivity contribution in [1.29, 1.82) is 0 Å². The van der Waals surface area contributed by atoms with E-state index in [1.54, 1.807) is 54.9 Å². The van der Waals surface area contributed by atoms with Gasteiger partial charge in [0, 0.05) is 23.1 Å². The molecule has 3 aromatic carbocycles. The van der Waals surface area contributed by atoms with E-state index in [-0.39, 0.29) is 10.6 Å². The largest absolute Gasteiger partial charge is 0.497 e. The van der Waals surface area contributed by atoms with Gasteiger partial charge < -0.3 is 10.1 Å². The molecule has 0 radical (unpaired) electrons. The van der Waals surface area contributed by atoms with E-state index in [0.717, 1.165) is 21.9 Å². The molecule has 36 heavy (non-hydrogen) atoms. The number of benzene rings is 3. The number of ether oxygens (including phenoxy) is 1. The molecule has 1 heterocycles. The maximum Gasteiger partial charge on any atom is 0.264 e. The number of hydrogen-bond donors (Lipinski definition) is 1. The van der Waals surface area contributed by atoms with Crippen LogP contribution in [0, 0.1) is 0 Å². The van der Waals surface area contributed by atoms with Gasteiger partial charge in [0.05, 0.1) is 17.7 Å². The topological polar surface area (TPSA) is 88.6 Å². The summed E-state index contributed by atoms with van der Waals surface area (Å²) in [7, 11) is -2.57. The number of methoxy groups -OCH3 is 1. The number of pyridine rings is 1. The zero-order valence-electron chi connectivity index (χ0n) is 19.5. The number of sulfonamides is 1. The Labute approximate surface area is 215 Å². The Morgan fingerprint density at radius 1 is 0.944 bits per heavy atom. The highest BCUT2D eigenvalue weighted by atomic mass is 35.5. The first-order valence-electron chi connectivity index (χ1n) is 11.1. The molecule has 0 saturated heterocycles. The highest BCUT2D eigenvalue weighted by molar-refractivity contribution is 7.92. The summed E-state index contributed by atoms with van der Waals surface area (Å²) in [6, 6.07) is 23.6. The van der Waals surface area contributed by atoms with Crippen LogP contribution in [0.3, 0.4) is 0 Å². The Bertz CT molecular complexity index is 1430. The Hall–Kier alpha value is -3.88. The van der Waals surface area contributed by atoms with E-state index in [1.165, 1.54) is 25.3 Å². The minimum absolute atomic E-state index is 0.0246.